The van der Waals surface area contributed by atoms with Gasteiger partial charge in [-0.15, -0.1) is 0 Å². The van der Waals surface area contributed by atoms with Gasteiger partial charge < -0.3 is 10.4 Å². The monoisotopic (exact) mass is 241 g/mol. The molecule has 0 aliphatic heterocycles. The lowest BCUT2D eigenvalue weighted by Crippen LogP contribution is -2.22. The Morgan fingerprint density at radius 2 is 2.18 bits per heavy atom. The highest BCUT2D eigenvalue weighted by atomic mass is 19.1. The van der Waals surface area contributed by atoms with Crippen LogP contribution in [0.3, 0.4) is 0 Å². The van der Waals surface area contributed by atoms with E-state index in [1.165, 1.54) is 6.07 Å². The molecule has 0 aromatic heterocycles. The first kappa shape index (κ1) is 13.8. The van der Waals surface area contributed by atoms with E-state index in [2.05, 4.69) is 5.32 Å². The third-order valence-electron chi connectivity index (χ3n) is 2.38. The normalized spacial score (nSPS) is 13.2. The van der Waals surface area contributed by atoms with Gasteiger partial charge in [0.15, 0.2) is 0 Å². The smallest absolute Gasteiger partial charge is 0.131 e. The van der Waals surface area contributed by atoms with Crippen molar-refractivity contribution in [3.05, 3.63) is 47.5 Å². The number of allylic oxidation sites excluding steroid dienone is 1. The van der Waals surface area contributed by atoms with Gasteiger partial charge in [0.1, 0.15) is 11.6 Å². The fourth-order valence-electron chi connectivity index (χ4n) is 1.47. The zero-order valence-corrected chi connectivity index (χ0v) is 9.79. The van der Waals surface area contributed by atoms with Gasteiger partial charge in [-0.25, -0.2) is 8.78 Å². The first-order valence-corrected chi connectivity index (χ1v) is 5.60. The quantitative estimate of drug-likeness (QED) is 0.592. The van der Waals surface area contributed by atoms with Crippen LogP contribution >= 0.6 is 0 Å². The van der Waals surface area contributed by atoms with E-state index in [1.54, 1.807) is 0 Å². The number of benzene rings is 1. The molecule has 0 radical (unpaired) electrons. The molecule has 2 N–H and O–H groups in total. The van der Waals surface area contributed by atoms with Crippen LogP contribution in [0.2, 0.25) is 0 Å². The van der Waals surface area contributed by atoms with Crippen molar-refractivity contribution >= 4 is 0 Å². The zero-order valence-electron chi connectivity index (χ0n) is 9.79. The number of aliphatic hydroxyl groups is 1. The van der Waals surface area contributed by atoms with Gasteiger partial charge >= 0.3 is 0 Å². The number of halogens is 2. The van der Waals surface area contributed by atoms with Crippen molar-refractivity contribution < 1.29 is 13.9 Å². The van der Waals surface area contributed by atoms with Crippen molar-refractivity contribution in [3.63, 3.8) is 0 Å². The van der Waals surface area contributed by atoms with Gasteiger partial charge in [-0.2, -0.15) is 0 Å². The van der Waals surface area contributed by atoms with E-state index in [1.807, 2.05) is 19.1 Å². The molecule has 0 heterocycles. The minimum Gasteiger partial charge on any atom is -0.387 e. The first-order chi connectivity index (χ1) is 8.15. The van der Waals surface area contributed by atoms with Crippen molar-refractivity contribution in [3.8, 4) is 0 Å². The molecule has 0 bridgehead atoms. The molecule has 2 nitrogen and oxygen atoms in total. The SMILES string of the molecule is C/C=C/CCNCC(O)c1ccc(F)cc1F. The Labute approximate surface area is 100.0 Å². The minimum absolute atomic E-state index is 0.116. The fraction of sp³-hybridized carbons (Fsp3) is 0.385. The molecular formula is C13H17F2NO. The largest absolute Gasteiger partial charge is 0.387 e. The molecule has 0 spiro atoms. The summed E-state index contributed by atoms with van der Waals surface area (Å²) in [6.07, 6.45) is 3.84. The van der Waals surface area contributed by atoms with Gasteiger partial charge in [-0.3, -0.25) is 0 Å². The van der Waals surface area contributed by atoms with Crippen LogP contribution in [0.1, 0.15) is 25.0 Å². The van der Waals surface area contributed by atoms with E-state index >= 15 is 0 Å². The van der Waals surface area contributed by atoms with Crippen LogP contribution in [0, 0.1) is 11.6 Å². The maximum absolute atomic E-state index is 13.3. The number of rotatable bonds is 6. The Morgan fingerprint density at radius 3 is 2.82 bits per heavy atom. The second kappa shape index (κ2) is 7.14. The van der Waals surface area contributed by atoms with E-state index in [0.717, 1.165) is 18.6 Å². The molecule has 0 fully saturated rings. The van der Waals surface area contributed by atoms with Crippen molar-refractivity contribution in [1.29, 1.82) is 0 Å². The summed E-state index contributed by atoms with van der Waals surface area (Å²) >= 11 is 0. The average molecular weight is 241 g/mol. The van der Waals surface area contributed by atoms with Crippen LogP contribution in [0.15, 0.2) is 30.4 Å². The van der Waals surface area contributed by atoms with E-state index in [0.29, 0.717) is 6.54 Å². The third kappa shape index (κ3) is 4.63. The number of aliphatic hydroxyl groups excluding tert-OH is 1. The molecular weight excluding hydrogens is 224 g/mol. The van der Waals surface area contributed by atoms with Gasteiger partial charge in [-0.05, 0) is 26.0 Å². The Morgan fingerprint density at radius 1 is 1.41 bits per heavy atom. The summed E-state index contributed by atoms with van der Waals surface area (Å²) < 4.78 is 25.9. The zero-order chi connectivity index (χ0) is 12.7. The summed E-state index contributed by atoms with van der Waals surface area (Å²) in [7, 11) is 0. The van der Waals surface area contributed by atoms with Crippen molar-refractivity contribution in [2.75, 3.05) is 13.1 Å². The maximum atomic E-state index is 13.3. The molecule has 0 aliphatic carbocycles. The van der Waals surface area contributed by atoms with Gasteiger partial charge in [0.2, 0.25) is 0 Å². The molecule has 17 heavy (non-hydrogen) atoms. The second-order valence-electron chi connectivity index (χ2n) is 3.74. The average Bonchev–Trinajstić information content (AvgIpc) is 2.28. The highest BCUT2D eigenvalue weighted by molar-refractivity contribution is 5.21. The standard InChI is InChI=1S/C13H17F2NO/c1-2-3-4-7-16-9-13(17)11-6-5-10(14)8-12(11)15/h2-3,5-6,8,13,16-17H,4,7,9H2,1H3/b3-2+. The van der Waals surface area contributed by atoms with Crippen LogP contribution < -0.4 is 5.32 Å². The lowest BCUT2D eigenvalue weighted by Gasteiger charge is -2.12. The molecule has 0 amide bonds. The lowest BCUT2D eigenvalue weighted by molar-refractivity contribution is 0.170. The van der Waals surface area contributed by atoms with Crippen LogP contribution in [0.5, 0.6) is 0 Å². The molecule has 0 aliphatic rings. The molecule has 1 aromatic rings. The van der Waals surface area contributed by atoms with Crippen LogP contribution in [0.4, 0.5) is 8.78 Å². The molecule has 1 unspecified atom stereocenters. The molecule has 1 aromatic carbocycles. The lowest BCUT2D eigenvalue weighted by atomic mass is 10.1. The number of nitrogens with one attached hydrogen (secondary N) is 1. The minimum atomic E-state index is -0.957. The highest BCUT2D eigenvalue weighted by Gasteiger charge is 2.12. The number of hydrogen-bond acceptors (Lipinski definition) is 2. The highest BCUT2D eigenvalue weighted by Crippen LogP contribution is 2.17. The Balaban J connectivity index is 2.44. The van der Waals surface area contributed by atoms with Gasteiger partial charge in [0.25, 0.3) is 0 Å². The molecule has 1 rings (SSSR count). The van der Waals surface area contributed by atoms with Gasteiger partial charge in [-0.1, -0.05) is 18.2 Å². The molecule has 0 saturated heterocycles. The van der Waals surface area contributed by atoms with Crippen molar-refractivity contribution in [2.45, 2.75) is 19.4 Å². The molecule has 4 heteroatoms. The fourth-order valence-corrected chi connectivity index (χ4v) is 1.47. The van der Waals surface area contributed by atoms with E-state index < -0.39 is 17.7 Å². The molecule has 1 atom stereocenters. The summed E-state index contributed by atoms with van der Waals surface area (Å²) in [5, 5.41) is 12.7. The summed E-state index contributed by atoms with van der Waals surface area (Å²) in [5.74, 6) is -1.35. The van der Waals surface area contributed by atoms with E-state index in [4.69, 9.17) is 0 Å². The van der Waals surface area contributed by atoms with Gasteiger partial charge in [0.05, 0.1) is 6.10 Å². The second-order valence-corrected chi connectivity index (χ2v) is 3.74. The van der Waals surface area contributed by atoms with Crippen molar-refractivity contribution in [2.24, 2.45) is 0 Å². The van der Waals surface area contributed by atoms with E-state index in [-0.39, 0.29) is 12.1 Å². The summed E-state index contributed by atoms with van der Waals surface area (Å²) in [4.78, 5) is 0. The maximum Gasteiger partial charge on any atom is 0.131 e. The predicted molar refractivity (Wildman–Crippen MR) is 63.6 cm³/mol. The van der Waals surface area contributed by atoms with Crippen molar-refractivity contribution in [1.82, 2.24) is 5.32 Å². The van der Waals surface area contributed by atoms with Crippen LogP contribution in [-0.2, 0) is 0 Å². The Bertz CT molecular complexity index is 380. The first-order valence-electron chi connectivity index (χ1n) is 5.60. The summed E-state index contributed by atoms with van der Waals surface area (Å²) in [5.41, 5.74) is 0.116. The molecule has 0 saturated carbocycles. The number of hydrogen-bond donors (Lipinski definition) is 2. The molecule has 94 valence electrons. The van der Waals surface area contributed by atoms with Crippen LogP contribution in [0.25, 0.3) is 0 Å². The topological polar surface area (TPSA) is 32.3 Å². The summed E-state index contributed by atoms with van der Waals surface area (Å²) in [6, 6.07) is 3.18. The Hall–Kier alpha value is -1.26. The third-order valence-corrected chi connectivity index (χ3v) is 2.38. The summed E-state index contributed by atoms with van der Waals surface area (Å²) in [6.45, 7) is 2.90. The van der Waals surface area contributed by atoms with E-state index in [9.17, 15) is 13.9 Å². The predicted octanol–water partition coefficient (Wildman–Crippen LogP) is 2.55. The van der Waals surface area contributed by atoms with Crippen LogP contribution in [-0.4, -0.2) is 18.2 Å². The van der Waals surface area contributed by atoms with Gasteiger partial charge in [0, 0.05) is 18.2 Å². The Kier molecular flexibility index (Phi) is 5.80.